The zero-order valence-corrected chi connectivity index (χ0v) is 7.81. The fourth-order valence-corrected chi connectivity index (χ4v) is 2.11. The maximum Gasteiger partial charge on any atom is 0.332 e. The third-order valence-corrected chi connectivity index (χ3v) is 3.24. The van der Waals surface area contributed by atoms with Crippen LogP contribution in [0, 0.1) is 0 Å². The Bertz CT molecular complexity index is 321. The highest BCUT2D eigenvalue weighted by Gasteiger charge is 2.37. The summed E-state index contributed by atoms with van der Waals surface area (Å²) in [4.78, 5) is 10.4. The maximum absolute atomic E-state index is 10.6. The monoisotopic (exact) mass is 225 g/mol. The summed E-state index contributed by atoms with van der Waals surface area (Å²) in [6.07, 6.45) is -3.30. The zero-order valence-electron chi connectivity index (χ0n) is 6.99. The summed E-state index contributed by atoms with van der Waals surface area (Å²) in [6, 6.07) is 0. The van der Waals surface area contributed by atoms with Crippen LogP contribution in [0.1, 0.15) is 6.42 Å². The first-order valence-electron chi connectivity index (χ1n) is 3.79. The smallest absolute Gasteiger partial charge is 0.332 e. The van der Waals surface area contributed by atoms with Gasteiger partial charge in [-0.15, -0.1) is 0 Å². The third kappa shape index (κ3) is 2.41. The molecule has 1 rings (SSSR count). The maximum atomic E-state index is 10.6. The highest BCUT2D eigenvalue weighted by atomic mass is 32.2. The van der Waals surface area contributed by atoms with E-state index < -0.39 is 46.6 Å². The van der Waals surface area contributed by atoms with Gasteiger partial charge < -0.3 is 19.5 Å². The molecule has 0 saturated carbocycles. The van der Waals surface area contributed by atoms with E-state index in [2.05, 4.69) is 4.74 Å². The van der Waals surface area contributed by atoms with Gasteiger partial charge in [0, 0.05) is 6.42 Å². The van der Waals surface area contributed by atoms with Gasteiger partial charge in [0.1, 0.15) is 10.1 Å². The summed E-state index contributed by atoms with van der Waals surface area (Å²) < 4.78 is 36.4. The van der Waals surface area contributed by atoms with Crippen molar-refractivity contribution in [3.05, 3.63) is 0 Å². The minimum Gasteiger partial charge on any atom is -0.748 e. The van der Waals surface area contributed by atoms with E-state index in [-0.39, 0.29) is 0 Å². The van der Waals surface area contributed by atoms with E-state index in [1.54, 1.807) is 0 Å². The third-order valence-electron chi connectivity index (χ3n) is 1.99. The second-order valence-electron chi connectivity index (χ2n) is 2.99. The number of aliphatic hydroxyl groups is 1. The van der Waals surface area contributed by atoms with E-state index in [9.17, 15) is 17.8 Å². The van der Waals surface area contributed by atoms with Crippen LogP contribution in [0.2, 0.25) is 0 Å². The van der Waals surface area contributed by atoms with E-state index >= 15 is 0 Å². The fourth-order valence-electron chi connectivity index (χ4n) is 1.24. The predicted octanol–water partition coefficient (Wildman–Crippen LogP) is -1.87. The van der Waals surface area contributed by atoms with Gasteiger partial charge in [-0.3, -0.25) is 0 Å². The molecular weight excluding hydrogens is 216 g/mol. The number of carboxylic acids is 1. The first-order valence-corrected chi connectivity index (χ1v) is 5.26. The average Bonchev–Trinajstić information content (AvgIpc) is 2.02. The molecule has 2 unspecified atom stereocenters. The minimum atomic E-state index is -4.68. The van der Waals surface area contributed by atoms with Crippen LogP contribution < -0.4 is 0 Å². The molecule has 1 heterocycles. The van der Waals surface area contributed by atoms with Crippen molar-refractivity contribution in [1.82, 2.24) is 0 Å². The van der Waals surface area contributed by atoms with Gasteiger partial charge in [-0.05, 0) is 0 Å². The van der Waals surface area contributed by atoms with Crippen LogP contribution in [0.3, 0.4) is 0 Å². The molecule has 14 heavy (non-hydrogen) atoms. The van der Waals surface area contributed by atoms with Crippen LogP contribution in [0.4, 0.5) is 0 Å². The quantitative estimate of drug-likeness (QED) is 0.528. The Morgan fingerprint density at radius 3 is 2.50 bits per heavy atom. The number of ether oxygens (including phenoxy) is 1. The second kappa shape index (κ2) is 3.81. The molecule has 1 saturated heterocycles. The predicted molar refractivity (Wildman–Crippen MR) is 41.5 cm³/mol. The molecular formula is C6H9O7S-. The molecule has 0 radical (unpaired) electrons. The van der Waals surface area contributed by atoms with Gasteiger partial charge in [0.2, 0.25) is 0 Å². The van der Waals surface area contributed by atoms with Crippen molar-refractivity contribution < 1.29 is 32.7 Å². The van der Waals surface area contributed by atoms with Crippen LogP contribution in [-0.4, -0.2) is 53.2 Å². The molecule has 7 nitrogen and oxygen atoms in total. The molecule has 0 aromatic carbocycles. The van der Waals surface area contributed by atoms with E-state index in [0.29, 0.717) is 0 Å². The number of aliphatic carboxylic acids is 1. The normalized spacial score (nSPS) is 34.0. The SMILES string of the molecule is O=C(O)C1C[C@H](S(=O)(=O)[O-])C(O)CO1. The van der Waals surface area contributed by atoms with Crippen molar-refractivity contribution in [2.45, 2.75) is 23.9 Å². The molecule has 0 bridgehead atoms. The second-order valence-corrected chi connectivity index (χ2v) is 4.59. The van der Waals surface area contributed by atoms with Crippen molar-refractivity contribution in [2.75, 3.05) is 6.61 Å². The number of carbonyl (C=O) groups is 1. The molecule has 1 aliphatic rings. The molecule has 0 aromatic rings. The van der Waals surface area contributed by atoms with Crippen LogP contribution in [-0.2, 0) is 19.6 Å². The molecule has 0 spiro atoms. The summed E-state index contributed by atoms with van der Waals surface area (Å²) in [5, 5.41) is 16.0. The molecule has 82 valence electrons. The molecule has 1 fully saturated rings. The van der Waals surface area contributed by atoms with Crippen molar-refractivity contribution in [2.24, 2.45) is 0 Å². The first-order chi connectivity index (χ1) is 6.32. The van der Waals surface area contributed by atoms with Crippen molar-refractivity contribution >= 4 is 16.1 Å². The van der Waals surface area contributed by atoms with E-state index in [1.165, 1.54) is 0 Å². The topological polar surface area (TPSA) is 124 Å². The van der Waals surface area contributed by atoms with Crippen molar-refractivity contribution in [1.29, 1.82) is 0 Å². The summed E-state index contributed by atoms with van der Waals surface area (Å²) >= 11 is 0. The van der Waals surface area contributed by atoms with Gasteiger partial charge in [0.25, 0.3) is 0 Å². The molecule has 0 amide bonds. The zero-order chi connectivity index (χ0) is 10.9. The summed E-state index contributed by atoms with van der Waals surface area (Å²) in [5.74, 6) is -1.34. The Morgan fingerprint density at radius 2 is 2.07 bits per heavy atom. The van der Waals surface area contributed by atoms with Crippen LogP contribution in [0.15, 0.2) is 0 Å². The Hall–Kier alpha value is -0.700. The number of hydrogen-bond donors (Lipinski definition) is 2. The highest BCUT2D eigenvalue weighted by Crippen LogP contribution is 2.20. The van der Waals surface area contributed by atoms with Crippen molar-refractivity contribution in [3.63, 3.8) is 0 Å². The molecule has 3 atom stereocenters. The summed E-state index contributed by atoms with van der Waals surface area (Å²) in [7, 11) is -4.68. The lowest BCUT2D eigenvalue weighted by Crippen LogP contribution is -2.47. The van der Waals surface area contributed by atoms with Gasteiger partial charge in [-0.1, -0.05) is 0 Å². The summed E-state index contributed by atoms with van der Waals surface area (Å²) in [6.45, 7) is -0.455. The summed E-state index contributed by atoms with van der Waals surface area (Å²) in [5.41, 5.74) is 0. The highest BCUT2D eigenvalue weighted by molar-refractivity contribution is 7.86. The number of carboxylic acid groups (broad SMARTS) is 1. The van der Waals surface area contributed by atoms with Gasteiger partial charge in [-0.2, -0.15) is 0 Å². The standard InChI is InChI=1S/C6H10O7S/c7-3-2-13-4(6(8)9)1-5(3)14(10,11)12/h3-5,7H,1-2H2,(H,8,9)(H,10,11,12)/p-1/t3?,4?,5-/m0/s1. The van der Waals surface area contributed by atoms with E-state index in [4.69, 9.17) is 10.2 Å². The molecule has 2 N–H and O–H groups in total. The van der Waals surface area contributed by atoms with Gasteiger partial charge >= 0.3 is 5.97 Å². The largest absolute Gasteiger partial charge is 0.748 e. The number of hydrogen-bond acceptors (Lipinski definition) is 6. The Labute approximate surface area is 80.1 Å². The van der Waals surface area contributed by atoms with Gasteiger partial charge in [-0.25, -0.2) is 13.2 Å². The van der Waals surface area contributed by atoms with E-state index in [1.807, 2.05) is 0 Å². The van der Waals surface area contributed by atoms with Gasteiger partial charge in [0.05, 0.1) is 18.0 Å². The molecule has 0 aromatic heterocycles. The average molecular weight is 225 g/mol. The van der Waals surface area contributed by atoms with Crippen LogP contribution >= 0.6 is 0 Å². The number of rotatable bonds is 2. The molecule has 8 heteroatoms. The Kier molecular flexibility index (Phi) is 3.10. The fraction of sp³-hybridized carbons (Fsp3) is 0.833. The van der Waals surface area contributed by atoms with E-state index in [0.717, 1.165) is 0 Å². The molecule has 1 aliphatic heterocycles. The minimum absolute atomic E-state index is 0.455. The number of aliphatic hydroxyl groups excluding tert-OH is 1. The van der Waals surface area contributed by atoms with Crippen LogP contribution in [0.5, 0.6) is 0 Å². The lowest BCUT2D eigenvalue weighted by Gasteiger charge is -2.32. The lowest BCUT2D eigenvalue weighted by atomic mass is 10.1. The molecule has 0 aliphatic carbocycles. The Balaban J connectivity index is 2.80. The van der Waals surface area contributed by atoms with Crippen LogP contribution in [0.25, 0.3) is 0 Å². The first kappa shape index (κ1) is 11.4. The lowest BCUT2D eigenvalue weighted by molar-refractivity contribution is -0.157. The van der Waals surface area contributed by atoms with Crippen molar-refractivity contribution in [3.8, 4) is 0 Å². The van der Waals surface area contributed by atoms with Gasteiger partial charge in [0.15, 0.2) is 6.10 Å². The Morgan fingerprint density at radius 1 is 1.50 bits per heavy atom.